The Bertz CT molecular complexity index is 766. The van der Waals surface area contributed by atoms with E-state index in [0.29, 0.717) is 24.4 Å². The topological polar surface area (TPSA) is 46.5 Å². The Kier molecular flexibility index (Phi) is 6.03. The van der Waals surface area contributed by atoms with Gasteiger partial charge in [0.05, 0.1) is 0 Å². The van der Waals surface area contributed by atoms with Crippen LogP contribution in [-0.2, 0) is 10.2 Å². The summed E-state index contributed by atoms with van der Waals surface area (Å²) in [6.45, 7) is 4.30. The summed E-state index contributed by atoms with van der Waals surface area (Å²) in [6, 6.07) is 4.22. The molecule has 0 bridgehead atoms. The molecule has 4 heteroatoms. The molecule has 2 saturated carbocycles. The number of Topliss-reactive ketones (excluding diaryl/α,β-unsaturated/α-hetero) is 1. The molecular weight excluding hydrogens is 428 g/mol. The number of rotatable bonds is 7. The zero-order valence-corrected chi connectivity index (χ0v) is 19.5. The number of ketones is 1. The van der Waals surface area contributed by atoms with Gasteiger partial charge >= 0.3 is 0 Å². The molecule has 3 nitrogen and oxygen atoms in total. The van der Waals surface area contributed by atoms with Crippen molar-refractivity contribution in [1.82, 2.24) is 0 Å². The monoisotopic (exact) mass is 462 g/mol. The van der Waals surface area contributed by atoms with Crippen LogP contribution in [0.1, 0.15) is 102 Å². The zero-order valence-electron chi connectivity index (χ0n) is 17.9. The van der Waals surface area contributed by atoms with E-state index in [0.717, 1.165) is 23.1 Å². The van der Waals surface area contributed by atoms with E-state index in [9.17, 15) is 9.90 Å². The Hall–Kier alpha value is -1.03. The molecule has 0 aromatic heterocycles. The normalized spacial score (nSPS) is 26.8. The fraction of sp³-hybridized carbons (Fsp3) is 0.720. The highest BCUT2D eigenvalue weighted by atomic mass is 79.9. The Morgan fingerprint density at radius 1 is 1.17 bits per heavy atom. The van der Waals surface area contributed by atoms with Crippen LogP contribution in [0.25, 0.3) is 0 Å². The molecular formula is C25H35BrO3. The Morgan fingerprint density at radius 3 is 2.62 bits per heavy atom. The van der Waals surface area contributed by atoms with E-state index in [-0.39, 0.29) is 22.9 Å². The SMILES string of the molecule is CC1(C)Oc2cc(C3(CCCCCCBr)CCC3)cc(O)c2[C@@H]2CC(=O)CC[C@H]21. The number of fused-ring (bicyclic) bond motifs is 3. The highest BCUT2D eigenvalue weighted by Crippen LogP contribution is 2.56. The lowest BCUT2D eigenvalue weighted by atomic mass is 9.61. The molecule has 3 aliphatic rings. The van der Waals surface area contributed by atoms with Gasteiger partial charge in [0.2, 0.25) is 0 Å². The molecule has 0 amide bonds. The first-order valence-corrected chi connectivity index (χ1v) is 12.6. The van der Waals surface area contributed by atoms with E-state index in [1.165, 1.54) is 56.9 Å². The number of ether oxygens (including phenoxy) is 1. The molecule has 29 heavy (non-hydrogen) atoms. The average Bonchev–Trinajstić information content (AvgIpc) is 2.62. The van der Waals surface area contributed by atoms with Crippen molar-refractivity contribution < 1.29 is 14.6 Å². The smallest absolute Gasteiger partial charge is 0.133 e. The molecule has 0 spiro atoms. The van der Waals surface area contributed by atoms with Crippen LogP contribution in [0.15, 0.2) is 12.1 Å². The predicted octanol–water partition coefficient (Wildman–Crippen LogP) is 6.78. The Morgan fingerprint density at radius 2 is 1.93 bits per heavy atom. The highest BCUT2D eigenvalue weighted by Gasteiger charge is 2.48. The largest absolute Gasteiger partial charge is 0.508 e. The van der Waals surface area contributed by atoms with E-state index >= 15 is 0 Å². The third kappa shape index (κ3) is 3.98. The van der Waals surface area contributed by atoms with Crippen LogP contribution in [0.5, 0.6) is 11.5 Å². The van der Waals surface area contributed by atoms with Crippen LogP contribution >= 0.6 is 15.9 Å². The van der Waals surface area contributed by atoms with Gasteiger partial charge in [-0.3, -0.25) is 4.79 Å². The first-order chi connectivity index (χ1) is 13.9. The first kappa shape index (κ1) is 21.2. The minimum absolute atomic E-state index is 0.0886. The Labute approximate surface area is 183 Å². The first-order valence-electron chi connectivity index (χ1n) is 11.5. The van der Waals surface area contributed by atoms with E-state index in [4.69, 9.17) is 4.74 Å². The lowest BCUT2D eigenvalue weighted by Gasteiger charge is -2.48. The van der Waals surface area contributed by atoms with Crippen LogP contribution in [0.3, 0.4) is 0 Å². The lowest BCUT2D eigenvalue weighted by molar-refractivity contribution is -0.124. The van der Waals surface area contributed by atoms with Crippen molar-refractivity contribution in [1.29, 1.82) is 0 Å². The van der Waals surface area contributed by atoms with Crippen molar-refractivity contribution in [2.45, 2.75) is 101 Å². The maximum absolute atomic E-state index is 12.2. The number of phenols is 1. The third-order valence-electron chi connectivity index (χ3n) is 7.89. The van der Waals surface area contributed by atoms with E-state index in [1.807, 2.05) is 6.07 Å². The number of hydrogen-bond donors (Lipinski definition) is 1. The molecule has 0 unspecified atom stereocenters. The van der Waals surface area contributed by atoms with Gasteiger partial charge < -0.3 is 9.84 Å². The van der Waals surface area contributed by atoms with Crippen molar-refractivity contribution >= 4 is 21.7 Å². The van der Waals surface area contributed by atoms with Crippen LogP contribution in [0, 0.1) is 5.92 Å². The summed E-state index contributed by atoms with van der Waals surface area (Å²) in [5.41, 5.74) is 2.04. The Balaban J connectivity index is 1.61. The number of halogens is 1. The van der Waals surface area contributed by atoms with Crippen LogP contribution in [0.2, 0.25) is 0 Å². The lowest BCUT2D eigenvalue weighted by Crippen LogP contribution is -2.47. The van der Waals surface area contributed by atoms with E-state index in [2.05, 4.69) is 35.8 Å². The molecule has 2 atom stereocenters. The summed E-state index contributed by atoms with van der Waals surface area (Å²) in [4.78, 5) is 12.2. The predicted molar refractivity (Wildman–Crippen MR) is 120 cm³/mol. The molecule has 2 aliphatic carbocycles. The molecule has 160 valence electrons. The van der Waals surface area contributed by atoms with Gasteiger partial charge in [-0.1, -0.05) is 41.6 Å². The molecule has 0 saturated heterocycles. The van der Waals surface area contributed by atoms with Crippen LogP contribution in [0.4, 0.5) is 0 Å². The van der Waals surface area contributed by atoms with E-state index < -0.39 is 0 Å². The van der Waals surface area contributed by atoms with Gasteiger partial charge in [-0.15, -0.1) is 0 Å². The summed E-state index contributed by atoms with van der Waals surface area (Å²) in [5.74, 6) is 1.87. The number of aromatic hydroxyl groups is 1. The standard InChI is InChI=1S/C25H35BrO3/c1-24(2)20-9-8-18(27)16-19(20)23-21(28)14-17(15-22(23)29-24)25(11-7-12-25)10-5-3-4-6-13-26/h14-15,19-20,28H,3-13,16H2,1-2H3/t19-,20-/m1/s1. The van der Waals surface area contributed by atoms with Crippen molar-refractivity contribution in [3.8, 4) is 11.5 Å². The van der Waals surface area contributed by atoms with Gasteiger partial charge in [0.15, 0.2) is 0 Å². The number of alkyl halides is 1. The van der Waals surface area contributed by atoms with Gasteiger partial charge in [-0.25, -0.2) is 0 Å². The van der Waals surface area contributed by atoms with Gasteiger partial charge in [0, 0.05) is 35.6 Å². The molecule has 1 N–H and O–H groups in total. The van der Waals surface area contributed by atoms with Crippen LogP contribution in [-0.4, -0.2) is 21.8 Å². The molecule has 4 rings (SSSR count). The van der Waals surface area contributed by atoms with E-state index in [1.54, 1.807) is 0 Å². The number of unbranched alkanes of at least 4 members (excludes halogenated alkanes) is 3. The van der Waals surface area contributed by atoms with Crippen molar-refractivity contribution in [3.05, 3.63) is 23.3 Å². The van der Waals surface area contributed by atoms with Gasteiger partial charge in [0.25, 0.3) is 0 Å². The minimum Gasteiger partial charge on any atom is -0.508 e. The minimum atomic E-state index is -0.300. The maximum Gasteiger partial charge on any atom is 0.133 e. The second-order valence-electron chi connectivity index (χ2n) is 10.1. The number of benzene rings is 1. The fourth-order valence-corrected chi connectivity index (χ4v) is 6.47. The second-order valence-corrected chi connectivity index (χ2v) is 10.9. The molecule has 1 aromatic carbocycles. The van der Waals surface area contributed by atoms with Gasteiger partial charge in [0.1, 0.15) is 22.9 Å². The summed E-state index contributed by atoms with van der Waals surface area (Å²) in [5, 5.41) is 12.2. The zero-order chi connectivity index (χ0) is 20.6. The fourth-order valence-electron chi connectivity index (χ4n) is 6.07. The number of carbonyl (C=O) groups is 1. The highest BCUT2D eigenvalue weighted by molar-refractivity contribution is 9.09. The van der Waals surface area contributed by atoms with Gasteiger partial charge in [-0.05, 0) is 69.1 Å². The average molecular weight is 463 g/mol. The molecule has 1 aliphatic heterocycles. The quantitative estimate of drug-likeness (QED) is 0.358. The summed E-state index contributed by atoms with van der Waals surface area (Å²) >= 11 is 3.52. The number of carbonyl (C=O) groups excluding carboxylic acids is 1. The van der Waals surface area contributed by atoms with Gasteiger partial charge in [-0.2, -0.15) is 0 Å². The number of phenolic OH excluding ortho intramolecular Hbond substituents is 1. The summed E-state index contributed by atoms with van der Waals surface area (Å²) < 4.78 is 6.49. The number of hydrogen-bond acceptors (Lipinski definition) is 3. The third-order valence-corrected chi connectivity index (χ3v) is 8.45. The second kappa shape index (κ2) is 8.24. The summed E-state index contributed by atoms with van der Waals surface area (Å²) in [6.07, 6.45) is 12.0. The summed E-state index contributed by atoms with van der Waals surface area (Å²) in [7, 11) is 0. The van der Waals surface area contributed by atoms with Crippen molar-refractivity contribution in [2.75, 3.05) is 5.33 Å². The van der Waals surface area contributed by atoms with Crippen LogP contribution < -0.4 is 4.74 Å². The van der Waals surface area contributed by atoms with Crippen molar-refractivity contribution in [2.24, 2.45) is 5.92 Å². The molecule has 1 heterocycles. The molecule has 2 fully saturated rings. The van der Waals surface area contributed by atoms with Crippen molar-refractivity contribution in [3.63, 3.8) is 0 Å². The molecule has 0 radical (unpaired) electrons. The molecule has 1 aromatic rings. The maximum atomic E-state index is 12.2.